The number of ether oxygens (including phenoxy) is 1. The van der Waals surface area contributed by atoms with Crippen molar-refractivity contribution < 1.29 is 32.3 Å². The molecule has 0 aliphatic rings. The summed E-state index contributed by atoms with van der Waals surface area (Å²) >= 11 is 0. The van der Waals surface area contributed by atoms with Crippen molar-refractivity contribution in [3.63, 3.8) is 0 Å². The molecule has 1 unspecified atom stereocenters. The number of carbonyl (C=O) groups excluding carboxylic acids is 1. The number of nitrogens with one attached hydrogen (secondary N) is 1. The minimum atomic E-state index is -4.07. The molecule has 112 valence electrons. The van der Waals surface area contributed by atoms with Gasteiger partial charge in [-0.2, -0.15) is 4.72 Å². The first-order valence-electron chi connectivity index (χ1n) is 5.71. The fraction of sp³-hybridized carbons (Fsp3) is 0.455. The van der Waals surface area contributed by atoms with Crippen LogP contribution in [0.25, 0.3) is 0 Å². The second-order valence-electron chi connectivity index (χ2n) is 3.93. The highest BCUT2D eigenvalue weighted by Gasteiger charge is 2.27. The summed E-state index contributed by atoms with van der Waals surface area (Å²) in [5, 5.41) is 8.75. The molecule has 0 bridgehead atoms. The van der Waals surface area contributed by atoms with Crippen molar-refractivity contribution in [3.8, 4) is 0 Å². The number of hydrogen-bond donors (Lipinski definition) is 2. The van der Waals surface area contributed by atoms with Gasteiger partial charge in [0.2, 0.25) is 15.8 Å². The van der Waals surface area contributed by atoms with E-state index in [0.29, 0.717) is 0 Å². The quantitative estimate of drug-likeness (QED) is 0.734. The van der Waals surface area contributed by atoms with E-state index in [1.54, 1.807) is 6.92 Å². The van der Waals surface area contributed by atoms with Crippen molar-refractivity contribution in [1.29, 1.82) is 0 Å². The summed E-state index contributed by atoms with van der Waals surface area (Å²) in [4.78, 5) is 21.8. The number of aromatic carboxylic acids is 1. The third-order valence-corrected chi connectivity index (χ3v) is 3.99. The number of aryl methyl sites for hydroxylation is 1. The van der Waals surface area contributed by atoms with Crippen LogP contribution in [0.15, 0.2) is 15.4 Å². The van der Waals surface area contributed by atoms with Crippen molar-refractivity contribution in [3.05, 3.63) is 17.6 Å². The van der Waals surface area contributed by atoms with Crippen LogP contribution in [-0.4, -0.2) is 38.1 Å². The van der Waals surface area contributed by atoms with E-state index in [-0.39, 0.29) is 17.3 Å². The van der Waals surface area contributed by atoms with Crippen LogP contribution < -0.4 is 4.72 Å². The molecule has 0 aromatic carbocycles. The number of rotatable bonds is 6. The zero-order valence-electron chi connectivity index (χ0n) is 11.2. The fourth-order valence-electron chi connectivity index (χ4n) is 1.45. The van der Waals surface area contributed by atoms with Gasteiger partial charge in [0.25, 0.3) is 0 Å². The maximum atomic E-state index is 12.0. The average molecular weight is 305 g/mol. The Kier molecular flexibility index (Phi) is 4.90. The predicted molar refractivity (Wildman–Crippen MR) is 66.8 cm³/mol. The molecule has 0 saturated heterocycles. The summed E-state index contributed by atoms with van der Waals surface area (Å²) in [5.74, 6) is -2.68. The molecule has 9 heteroatoms. The number of furan rings is 1. The van der Waals surface area contributed by atoms with Gasteiger partial charge >= 0.3 is 11.9 Å². The Hall–Kier alpha value is -1.87. The monoisotopic (exact) mass is 305 g/mol. The van der Waals surface area contributed by atoms with Gasteiger partial charge in [-0.05, 0) is 20.8 Å². The van der Waals surface area contributed by atoms with Gasteiger partial charge in [0.1, 0.15) is 16.7 Å². The molecule has 0 aliphatic carbocycles. The molecule has 0 saturated carbocycles. The first kappa shape index (κ1) is 16.2. The minimum Gasteiger partial charge on any atom is -0.475 e. The second kappa shape index (κ2) is 6.06. The van der Waals surface area contributed by atoms with E-state index in [0.717, 1.165) is 6.07 Å². The lowest BCUT2D eigenvalue weighted by molar-refractivity contribution is -0.144. The van der Waals surface area contributed by atoms with Crippen molar-refractivity contribution >= 4 is 22.0 Å². The number of hydrogen-bond acceptors (Lipinski definition) is 6. The molecule has 1 atom stereocenters. The lowest BCUT2D eigenvalue weighted by Crippen LogP contribution is -2.39. The maximum Gasteiger partial charge on any atom is 0.371 e. The maximum absolute atomic E-state index is 12.0. The van der Waals surface area contributed by atoms with E-state index >= 15 is 0 Å². The smallest absolute Gasteiger partial charge is 0.371 e. The highest BCUT2D eigenvalue weighted by atomic mass is 32.2. The van der Waals surface area contributed by atoms with Crippen LogP contribution in [0.1, 0.15) is 30.2 Å². The van der Waals surface area contributed by atoms with Gasteiger partial charge in [-0.3, -0.25) is 4.79 Å². The summed E-state index contributed by atoms with van der Waals surface area (Å²) in [7, 11) is -4.07. The van der Waals surface area contributed by atoms with Crippen LogP contribution in [0.4, 0.5) is 0 Å². The topological polar surface area (TPSA) is 123 Å². The number of sulfonamides is 1. The van der Waals surface area contributed by atoms with Crippen molar-refractivity contribution in [2.75, 3.05) is 6.61 Å². The Morgan fingerprint density at radius 1 is 1.50 bits per heavy atom. The van der Waals surface area contributed by atoms with Crippen LogP contribution >= 0.6 is 0 Å². The van der Waals surface area contributed by atoms with E-state index in [4.69, 9.17) is 9.52 Å². The lowest BCUT2D eigenvalue weighted by atomic mass is 10.4. The number of carbonyl (C=O) groups is 2. The normalized spacial score (nSPS) is 12.9. The van der Waals surface area contributed by atoms with Crippen LogP contribution in [0, 0.1) is 6.92 Å². The molecule has 20 heavy (non-hydrogen) atoms. The minimum absolute atomic E-state index is 0.0778. The van der Waals surface area contributed by atoms with Gasteiger partial charge in [-0.15, -0.1) is 0 Å². The molecule has 1 heterocycles. The summed E-state index contributed by atoms with van der Waals surface area (Å²) < 4.78 is 35.7. The third kappa shape index (κ3) is 3.58. The summed E-state index contributed by atoms with van der Waals surface area (Å²) in [5.41, 5.74) is 0. The van der Waals surface area contributed by atoms with E-state index in [1.165, 1.54) is 13.8 Å². The Bertz CT molecular complexity index is 617. The van der Waals surface area contributed by atoms with Crippen molar-refractivity contribution in [1.82, 2.24) is 4.72 Å². The van der Waals surface area contributed by atoms with Crippen LogP contribution in [0.3, 0.4) is 0 Å². The van der Waals surface area contributed by atoms with E-state index in [9.17, 15) is 18.0 Å². The largest absolute Gasteiger partial charge is 0.475 e. The highest BCUT2D eigenvalue weighted by molar-refractivity contribution is 7.89. The fourth-order valence-corrected chi connectivity index (χ4v) is 2.82. The molecular weight excluding hydrogens is 290 g/mol. The van der Waals surface area contributed by atoms with Gasteiger partial charge in [-0.25, -0.2) is 13.2 Å². The van der Waals surface area contributed by atoms with Crippen LogP contribution in [0.2, 0.25) is 0 Å². The van der Waals surface area contributed by atoms with Gasteiger partial charge in [0.05, 0.1) is 6.61 Å². The molecule has 8 nitrogen and oxygen atoms in total. The first-order chi connectivity index (χ1) is 9.19. The van der Waals surface area contributed by atoms with Crippen LogP contribution in [-0.2, 0) is 19.6 Å². The van der Waals surface area contributed by atoms with Gasteiger partial charge < -0.3 is 14.3 Å². The van der Waals surface area contributed by atoms with E-state index in [1.807, 2.05) is 0 Å². The first-order valence-corrected chi connectivity index (χ1v) is 7.20. The molecule has 0 amide bonds. The van der Waals surface area contributed by atoms with Gasteiger partial charge in [0, 0.05) is 6.07 Å². The number of carboxylic acid groups (broad SMARTS) is 1. The standard InChI is InChI=1S/C11H15NO7S/c1-4-18-11(15)6(2)12-20(16,17)9-5-8(10(13)14)19-7(9)3/h5-6,12H,4H2,1-3H3,(H,13,14). The number of esters is 1. The van der Waals surface area contributed by atoms with Crippen molar-refractivity contribution in [2.45, 2.75) is 31.7 Å². The average Bonchev–Trinajstić information content (AvgIpc) is 2.72. The number of carboxylic acids is 1. The second-order valence-corrected chi connectivity index (χ2v) is 5.61. The van der Waals surface area contributed by atoms with Crippen molar-refractivity contribution in [2.24, 2.45) is 0 Å². The zero-order valence-corrected chi connectivity index (χ0v) is 12.0. The summed E-state index contributed by atoms with van der Waals surface area (Å²) in [6.45, 7) is 4.36. The molecular formula is C11H15NO7S. The van der Waals surface area contributed by atoms with Crippen LogP contribution in [0.5, 0.6) is 0 Å². The molecule has 1 aromatic heterocycles. The Morgan fingerprint density at radius 3 is 2.55 bits per heavy atom. The molecule has 1 rings (SSSR count). The highest BCUT2D eigenvalue weighted by Crippen LogP contribution is 2.20. The van der Waals surface area contributed by atoms with Gasteiger partial charge in [0.15, 0.2) is 0 Å². The molecule has 0 fully saturated rings. The SMILES string of the molecule is CCOC(=O)C(C)NS(=O)(=O)c1cc(C(=O)O)oc1C. The molecule has 0 aliphatic heterocycles. The Labute approximate surface area is 115 Å². The molecule has 2 N–H and O–H groups in total. The van der Waals surface area contributed by atoms with Gasteiger partial charge in [-0.1, -0.05) is 0 Å². The Balaban J connectivity index is 3.00. The summed E-state index contributed by atoms with van der Waals surface area (Å²) in [6, 6.07) is -0.208. The Morgan fingerprint density at radius 2 is 2.10 bits per heavy atom. The molecule has 0 spiro atoms. The zero-order chi connectivity index (χ0) is 15.5. The molecule has 1 aromatic rings. The summed E-state index contributed by atoms with van der Waals surface area (Å²) in [6.07, 6.45) is 0. The van der Waals surface area contributed by atoms with E-state index < -0.39 is 33.8 Å². The van der Waals surface area contributed by atoms with E-state index in [2.05, 4.69) is 9.46 Å². The predicted octanol–water partition coefficient (Wildman–Crippen LogP) is 0.516. The molecule has 0 radical (unpaired) electrons. The lowest BCUT2D eigenvalue weighted by Gasteiger charge is -2.12. The third-order valence-electron chi connectivity index (χ3n) is 2.34.